The zero-order chi connectivity index (χ0) is 18.6. The van der Waals surface area contributed by atoms with E-state index in [9.17, 15) is 24.9 Å². The van der Waals surface area contributed by atoms with Crippen LogP contribution in [0, 0.1) is 0 Å². The molecule has 0 amide bonds. The van der Waals surface area contributed by atoms with Gasteiger partial charge in [0.1, 0.15) is 0 Å². The van der Waals surface area contributed by atoms with Crippen molar-refractivity contribution >= 4 is 11.9 Å². The van der Waals surface area contributed by atoms with E-state index >= 15 is 0 Å². The first kappa shape index (κ1) is 34.4. The maximum atomic E-state index is 9.50. The molecule has 0 aromatic carbocycles. The maximum absolute atomic E-state index is 9.50. The average molecular weight is 391 g/mol. The molecule has 0 bridgehead atoms. The van der Waals surface area contributed by atoms with Crippen LogP contribution < -0.4 is 75.1 Å². The van der Waals surface area contributed by atoms with Crippen molar-refractivity contribution < 1.29 is 84.0 Å². The molecule has 0 aromatic rings. The van der Waals surface area contributed by atoms with Crippen molar-refractivity contribution in [2.24, 2.45) is 5.73 Å². The SMILES string of the molecule is CCCCCCCCCCCCC(O)CN.O=C([O-])CCC(=O)[O-].[Na+].[Na+]. The minimum Gasteiger partial charge on any atom is -0.550 e. The summed E-state index contributed by atoms with van der Waals surface area (Å²) in [5.74, 6) is -2.73. The molecule has 0 spiro atoms. The van der Waals surface area contributed by atoms with Gasteiger partial charge < -0.3 is 30.6 Å². The Morgan fingerprint density at radius 1 is 0.808 bits per heavy atom. The van der Waals surface area contributed by atoms with Crippen LogP contribution in [0.2, 0.25) is 0 Å². The third kappa shape index (κ3) is 35.9. The van der Waals surface area contributed by atoms with Crippen LogP contribution in [-0.4, -0.2) is 29.7 Å². The van der Waals surface area contributed by atoms with Crippen LogP contribution in [0.1, 0.15) is 90.4 Å². The van der Waals surface area contributed by atoms with Crippen LogP contribution in [0.25, 0.3) is 0 Å². The molecular formula is C18H35NNa2O5. The molecule has 1 atom stereocenters. The van der Waals surface area contributed by atoms with Gasteiger partial charge in [0.15, 0.2) is 0 Å². The van der Waals surface area contributed by atoms with E-state index in [0.29, 0.717) is 6.54 Å². The van der Waals surface area contributed by atoms with E-state index in [2.05, 4.69) is 6.92 Å². The third-order valence-corrected chi connectivity index (χ3v) is 3.70. The first-order chi connectivity index (χ1) is 11.4. The Bertz CT molecular complexity index is 293. The van der Waals surface area contributed by atoms with Crippen LogP contribution in [0.4, 0.5) is 0 Å². The first-order valence-corrected chi connectivity index (χ1v) is 9.21. The zero-order valence-corrected chi connectivity index (χ0v) is 21.1. The number of carboxylic acids is 2. The summed E-state index contributed by atoms with van der Waals surface area (Å²) in [6.07, 6.45) is 13.1. The summed E-state index contributed by atoms with van der Waals surface area (Å²) in [4.78, 5) is 19.0. The molecule has 0 radical (unpaired) electrons. The fraction of sp³-hybridized carbons (Fsp3) is 0.889. The van der Waals surface area contributed by atoms with Gasteiger partial charge >= 0.3 is 59.1 Å². The Hall–Kier alpha value is 0.860. The largest absolute Gasteiger partial charge is 1.00 e. The number of aliphatic carboxylic acids is 2. The monoisotopic (exact) mass is 391 g/mol. The van der Waals surface area contributed by atoms with Gasteiger partial charge in [-0.05, 0) is 19.3 Å². The Kier molecular flexibility index (Phi) is 37.1. The maximum Gasteiger partial charge on any atom is 1.00 e. The molecule has 0 saturated carbocycles. The van der Waals surface area contributed by atoms with E-state index in [-0.39, 0.29) is 65.2 Å². The molecule has 0 saturated heterocycles. The van der Waals surface area contributed by atoms with Crippen LogP contribution in [0.15, 0.2) is 0 Å². The average Bonchev–Trinajstić information content (AvgIpc) is 2.55. The molecule has 144 valence electrons. The summed E-state index contributed by atoms with van der Waals surface area (Å²) in [6, 6.07) is 0. The molecule has 0 heterocycles. The van der Waals surface area contributed by atoms with Gasteiger partial charge in [-0.2, -0.15) is 0 Å². The molecule has 26 heavy (non-hydrogen) atoms. The summed E-state index contributed by atoms with van der Waals surface area (Å²) in [6.45, 7) is 2.67. The molecule has 1 unspecified atom stereocenters. The number of carboxylic acid groups (broad SMARTS) is 2. The van der Waals surface area contributed by atoms with E-state index in [4.69, 9.17) is 5.73 Å². The molecule has 3 N–H and O–H groups in total. The first-order valence-electron chi connectivity index (χ1n) is 9.21. The molecular weight excluding hydrogens is 356 g/mol. The molecule has 6 nitrogen and oxygen atoms in total. The van der Waals surface area contributed by atoms with Crippen LogP contribution >= 0.6 is 0 Å². The minimum atomic E-state index is -1.37. The standard InChI is InChI=1S/C14H31NO.C4H6O4.2Na/c1-2-3-4-5-6-7-8-9-10-11-12-14(16)13-15;5-3(6)1-2-4(7)8;;/h14,16H,2-13,15H2,1H3;1-2H2,(H,5,6)(H,7,8);;/q;;2*+1/p-2. The van der Waals surface area contributed by atoms with E-state index in [1.165, 1.54) is 57.8 Å². The van der Waals surface area contributed by atoms with Crippen LogP contribution in [-0.2, 0) is 9.59 Å². The smallest absolute Gasteiger partial charge is 0.550 e. The molecule has 0 aromatic heterocycles. The van der Waals surface area contributed by atoms with E-state index in [1.54, 1.807) is 0 Å². The second kappa shape index (κ2) is 28.1. The van der Waals surface area contributed by atoms with E-state index in [0.717, 1.165) is 12.8 Å². The van der Waals surface area contributed by atoms with Crippen molar-refractivity contribution in [2.75, 3.05) is 6.54 Å². The van der Waals surface area contributed by atoms with Crippen molar-refractivity contribution in [1.82, 2.24) is 0 Å². The number of carbonyl (C=O) groups excluding carboxylic acids is 2. The predicted octanol–water partition coefficient (Wildman–Crippen LogP) is -5.11. The second-order valence-electron chi connectivity index (χ2n) is 6.10. The number of aliphatic hydroxyl groups is 1. The molecule has 0 aliphatic carbocycles. The normalized spacial score (nSPS) is 10.6. The number of hydrogen-bond acceptors (Lipinski definition) is 6. The van der Waals surface area contributed by atoms with Gasteiger partial charge in [-0.25, -0.2) is 0 Å². The zero-order valence-electron chi connectivity index (χ0n) is 17.1. The van der Waals surface area contributed by atoms with Gasteiger partial charge in [0.25, 0.3) is 0 Å². The summed E-state index contributed by atoms with van der Waals surface area (Å²) in [7, 11) is 0. The van der Waals surface area contributed by atoms with Gasteiger partial charge in [0, 0.05) is 18.5 Å². The fourth-order valence-electron chi connectivity index (χ4n) is 2.19. The third-order valence-electron chi connectivity index (χ3n) is 3.70. The topological polar surface area (TPSA) is 127 Å². The predicted molar refractivity (Wildman–Crippen MR) is 90.8 cm³/mol. The minimum absolute atomic E-state index is 0. The van der Waals surface area contributed by atoms with Crippen molar-refractivity contribution in [3.63, 3.8) is 0 Å². The Morgan fingerprint density at radius 3 is 1.46 bits per heavy atom. The van der Waals surface area contributed by atoms with Gasteiger partial charge in [-0.15, -0.1) is 0 Å². The van der Waals surface area contributed by atoms with Gasteiger partial charge in [0.2, 0.25) is 0 Å². The van der Waals surface area contributed by atoms with Crippen LogP contribution in [0.5, 0.6) is 0 Å². The number of aliphatic hydroxyl groups excluding tert-OH is 1. The Morgan fingerprint density at radius 2 is 1.15 bits per heavy atom. The quantitative estimate of drug-likeness (QED) is 0.212. The summed E-state index contributed by atoms with van der Waals surface area (Å²) >= 11 is 0. The summed E-state index contributed by atoms with van der Waals surface area (Å²) in [5.41, 5.74) is 5.34. The van der Waals surface area contributed by atoms with E-state index < -0.39 is 24.8 Å². The second-order valence-corrected chi connectivity index (χ2v) is 6.10. The Labute approximate surface area is 203 Å². The summed E-state index contributed by atoms with van der Waals surface area (Å²) < 4.78 is 0. The van der Waals surface area contributed by atoms with Crippen molar-refractivity contribution in [3.05, 3.63) is 0 Å². The Balaban J connectivity index is -0.000000208. The number of rotatable bonds is 15. The molecule has 0 fully saturated rings. The number of hydrogen-bond donors (Lipinski definition) is 2. The van der Waals surface area contributed by atoms with Crippen molar-refractivity contribution in [2.45, 2.75) is 96.5 Å². The number of carbonyl (C=O) groups is 2. The molecule has 0 rings (SSSR count). The van der Waals surface area contributed by atoms with Gasteiger partial charge in [0.05, 0.1) is 6.10 Å². The fourth-order valence-corrected chi connectivity index (χ4v) is 2.19. The van der Waals surface area contributed by atoms with Crippen molar-refractivity contribution in [3.8, 4) is 0 Å². The molecule has 8 heteroatoms. The van der Waals surface area contributed by atoms with Gasteiger partial charge in [-0.3, -0.25) is 0 Å². The van der Waals surface area contributed by atoms with Crippen molar-refractivity contribution in [1.29, 1.82) is 0 Å². The molecule has 0 aliphatic heterocycles. The van der Waals surface area contributed by atoms with Crippen LogP contribution in [0.3, 0.4) is 0 Å². The van der Waals surface area contributed by atoms with Gasteiger partial charge in [-0.1, -0.05) is 71.1 Å². The number of unbranched alkanes of at least 4 members (excludes halogenated alkanes) is 9. The summed E-state index contributed by atoms with van der Waals surface area (Å²) in [5, 5.41) is 28.3. The van der Waals surface area contributed by atoms with E-state index in [1.807, 2.05) is 0 Å². The number of nitrogens with two attached hydrogens (primary N) is 1. The molecule has 0 aliphatic rings.